The molecule has 1 saturated heterocycles. The lowest BCUT2D eigenvalue weighted by Crippen LogP contribution is -2.44. The summed E-state index contributed by atoms with van der Waals surface area (Å²) in [4.78, 5) is 9.01. The fourth-order valence-electron chi connectivity index (χ4n) is 4.13. The molecular weight excluding hydrogens is 386 g/mol. The van der Waals surface area contributed by atoms with E-state index in [-0.39, 0.29) is 0 Å². The Bertz CT molecular complexity index is 1160. The third kappa shape index (κ3) is 3.48. The summed E-state index contributed by atoms with van der Waals surface area (Å²) in [5.74, 6) is 0.776. The Labute approximate surface area is 170 Å². The quantitative estimate of drug-likeness (QED) is 0.717. The van der Waals surface area contributed by atoms with Gasteiger partial charge in [-0.15, -0.1) is 0 Å². The average Bonchev–Trinajstić information content (AvgIpc) is 3.29. The van der Waals surface area contributed by atoms with Crippen LogP contribution >= 0.6 is 0 Å². The minimum Gasteiger partial charge on any atom is -0.339 e. The van der Waals surface area contributed by atoms with Crippen LogP contribution in [0.3, 0.4) is 0 Å². The molecule has 0 unspecified atom stereocenters. The van der Waals surface area contributed by atoms with Gasteiger partial charge in [0.05, 0.1) is 17.4 Å². The monoisotopic (exact) mass is 409 g/mol. The molecule has 0 spiro atoms. The second kappa shape index (κ2) is 7.37. The minimum atomic E-state index is -3.38. The summed E-state index contributed by atoms with van der Waals surface area (Å²) in [5.41, 5.74) is 3.90. The van der Waals surface area contributed by atoms with Gasteiger partial charge >= 0.3 is 0 Å². The first-order valence-corrected chi connectivity index (χ1v) is 11.3. The highest BCUT2D eigenvalue weighted by molar-refractivity contribution is 7.86. The SMILES string of the molecule is O=S(=O)(N1CCCC1)N1CCc2c(ccnc2Nc2cnc3ccccc3c2)C1. The van der Waals surface area contributed by atoms with Crippen molar-refractivity contribution >= 4 is 32.6 Å². The van der Waals surface area contributed by atoms with Gasteiger partial charge in [-0.2, -0.15) is 17.0 Å². The van der Waals surface area contributed by atoms with Gasteiger partial charge in [-0.3, -0.25) is 4.98 Å². The van der Waals surface area contributed by atoms with E-state index >= 15 is 0 Å². The molecule has 4 heterocycles. The Morgan fingerprint density at radius 1 is 0.966 bits per heavy atom. The lowest BCUT2D eigenvalue weighted by atomic mass is 10.0. The highest BCUT2D eigenvalue weighted by atomic mass is 32.2. The Hall–Kier alpha value is -2.55. The van der Waals surface area contributed by atoms with Gasteiger partial charge in [-0.05, 0) is 43.0 Å². The fraction of sp³-hybridized carbons (Fsp3) is 0.333. The summed E-state index contributed by atoms with van der Waals surface area (Å²) in [6.07, 6.45) is 6.07. The molecule has 5 rings (SSSR count). The first-order valence-electron chi connectivity index (χ1n) is 9.95. The first-order chi connectivity index (χ1) is 14.1. The topological polar surface area (TPSA) is 78.4 Å². The Morgan fingerprint density at radius 3 is 2.66 bits per heavy atom. The zero-order valence-electron chi connectivity index (χ0n) is 16.1. The van der Waals surface area contributed by atoms with Crippen LogP contribution in [0.4, 0.5) is 11.5 Å². The van der Waals surface area contributed by atoms with E-state index in [0.29, 0.717) is 32.6 Å². The summed E-state index contributed by atoms with van der Waals surface area (Å²) in [6, 6.07) is 12.0. The van der Waals surface area contributed by atoms with Crippen molar-refractivity contribution in [2.75, 3.05) is 25.0 Å². The van der Waals surface area contributed by atoms with Gasteiger partial charge in [-0.25, -0.2) is 4.98 Å². The number of nitrogens with one attached hydrogen (secondary N) is 1. The maximum Gasteiger partial charge on any atom is 0.282 e. The third-order valence-electron chi connectivity index (χ3n) is 5.68. The standard InChI is InChI=1S/C21H23N5O2S/c27-29(28,25-10-3-4-11-25)26-12-8-19-17(15-26)7-9-22-21(19)24-18-13-16-5-1-2-6-20(16)23-14-18/h1-2,5-7,9,13-14H,3-4,8,10-12,15H2,(H,22,24). The zero-order valence-corrected chi connectivity index (χ0v) is 16.9. The molecule has 2 aliphatic heterocycles. The summed E-state index contributed by atoms with van der Waals surface area (Å²) in [5, 5.41) is 4.44. The van der Waals surface area contributed by atoms with Crippen LogP contribution in [0.2, 0.25) is 0 Å². The van der Waals surface area contributed by atoms with E-state index in [4.69, 9.17) is 0 Å². The summed E-state index contributed by atoms with van der Waals surface area (Å²) in [7, 11) is -3.38. The van der Waals surface area contributed by atoms with E-state index < -0.39 is 10.2 Å². The van der Waals surface area contributed by atoms with Crippen LogP contribution in [0.25, 0.3) is 10.9 Å². The van der Waals surface area contributed by atoms with Crippen molar-refractivity contribution in [3.8, 4) is 0 Å². The number of pyridine rings is 2. The molecule has 8 heteroatoms. The number of aromatic nitrogens is 2. The molecule has 1 N–H and O–H groups in total. The molecule has 0 atom stereocenters. The van der Waals surface area contributed by atoms with E-state index in [9.17, 15) is 8.42 Å². The predicted molar refractivity (Wildman–Crippen MR) is 113 cm³/mol. The van der Waals surface area contributed by atoms with Crippen LogP contribution in [0, 0.1) is 0 Å². The second-order valence-corrected chi connectivity index (χ2v) is 9.46. The Balaban J connectivity index is 1.40. The molecule has 29 heavy (non-hydrogen) atoms. The van der Waals surface area contributed by atoms with E-state index in [1.54, 1.807) is 21.0 Å². The largest absolute Gasteiger partial charge is 0.339 e. The molecule has 7 nitrogen and oxygen atoms in total. The van der Waals surface area contributed by atoms with Crippen molar-refractivity contribution in [3.05, 3.63) is 59.9 Å². The van der Waals surface area contributed by atoms with Gasteiger partial charge < -0.3 is 5.32 Å². The van der Waals surface area contributed by atoms with Gasteiger partial charge in [0.15, 0.2) is 0 Å². The van der Waals surface area contributed by atoms with Crippen LogP contribution in [-0.4, -0.2) is 46.6 Å². The van der Waals surface area contributed by atoms with Crippen molar-refractivity contribution in [2.45, 2.75) is 25.8 Å². The minimum absolute atomic E-state index is 0.390. The number of rotatable bonds is 4. The van der Waals surface area contributed by atoms with E-state index in [1.165, 1.54) is 0 Å². The van der Waals surface area contributed by atoms with E-state index in [2.05, 4.69) is 21.4 Å². The lowest BCUT2D eigenvalue weighted by molar-refractivity contribution is 0.345. The number of hydrogen-bond acceptors (Lipinski definition) is 5. The fourth-order valence-corrected chi connectivity index (χ4v) is 5.80. The van der Waals surface area contributed by atoms with Gasteiger partial charge in [0.2, 0.25) is 0 Å². The average molecular weight is 410 g/mol. The molecule has 0 bridgehead atoms. The second-order valence-electron chi connectivity index (χ2n) is 7.54. The molecule has 0 aliphatic carbocycles. The summed E-state index contributed by atoms with van der Waals surface area (Å²) < 4.78 is 29.0. The Kier molecular flexibility index (Phi) is 4.69. The maximum absolute atomic E-state index is 12.9. The highest BCUT2D eigenvalue weighted by Crippen LogP contribution is 2.30. The van der Waals surface area contributed by atoms with Crippen molar-refractivity contribution < 1.29 is 8.42 Å². The van der Waals surface area contributed by atoms with Gasteiger partial charge in [0.1, 0.15) is 5.82 Å². The molecule has 0 amide bonds. The Morgan fingerprint density at radius 2 is 1.79 bits per heavy atom. The van der Waals surface area contributed by atoms with Crippen molar-refractivity contribution in [2.24, 2.45) is 0 Å². The van der Waals surface area contributed by atoms with Crippen LogP contribution in [0.1, 0.15) is 24.0 Å². The number of benzene rings is 1. The molecule has 150 valence electrons. The van der Waals surface area contributed by atoms with Crippen molar-refractivity contribution in [1.82, 2.24) is 18.6 Å². The summed E-state index contributed by atoms with van der Waals surface area (Å²) >= 11 is 0. The molecule has 3 aromatic rings. The van der Waals surface area contributed by atoms with Crippen LogP contribution in [0.5, 0.6) is 0 Å². The molecule has 2 aromatic heterocycles. The third-order valence-corrected chi connectivity index (χ3v) is 7.66. The molecular formula is C21H23N5O2S. The first kappa shape index (κ1) is 18.5. The predicted octanol–water partition coefficient (Wildman–Crippen LogP) is 3.07. The van der Waals surface area contributed by atoms with E-state index in [1.807, 2.05) is 30.3 Å². The van der Waals surface area contributed by atoms with Crippen LogP contribution in [-0.2, 0) is 23.2 Å². The molecule has 0 saturated carbocycles. The molecule has 1 fully saturated rings. The smallest absolute Gasteiger partial charge is 0.282 e. The highest BCUT2D eigenvalue weighted by Gasteiger charge is 2.34. The maximum atomic E-state index is 12.9. The van der Waals surface area contributed by atoms with Crippen LogP contribution in [0.15, 0.2) is 48.8 Å². The van der Waals surface area contributed by atoms with Crippen LogP contribution < -0.4 is 5.32 Å². The summed E-state index contributed by atoms with van der Waals surface area (Å²) in [6.45, 7) is 2.12. The van der Waals surface area contributed by atoms with Gasteiger partial charge in [0.25, 0.3) is 10.2 Å². The van der Waals surface area contributed by atoms with Crippen molar-refractivity contribution in [3.63, 3.8) is 0 Å². The number of para-hydroxylation sites is 1. The number of hydrogen-bond donors (Lipinski definition) is 1. The lowest BCUT2D eigenvalue weighted by Gasteiger charge is -2.32. The number of anilines is 2. The van der Waals surface area contributed by atoms with Crippen molar-refractivity contribution in [1.29, 1.82) is 0 Å². The van der Waals surface area contributed by atoms with E-state index in [0.717, 1.165) is 46.4 Å². The zero-order chi connectivity index (χ0) is 19.8. The molecule has 2 aliphatic rings. The number of fused-ring (bicyclic) bond motifs is 2. The number of nitrogens with zero attached hydrogens (tertiary/aromatic N) is 4. The molecule has 1 aromatic carbocycles. The molecule has 0 radical (unpaired) electrons. The van der Waals surface area contributed by atoms with Gasteiger partial charge in [-0.1, -0.05) is 18.2 Å². The van der Waals surface area contributed by atoms with Gasteiger partial charge in [0, 0.05) is 43.3 Å². The normalized spacial score (nSPS) is 18.1.